The lowest BCUT2D eigenvalue weighted by atomic mass is 10.2. The van der Waals surface area contributed by atoms with Gasteiger partial charge in [-0.25, -0.2) is 4.98 Å². The summed E-state index contributed by atoms with van der Waals surface area (Å²) in [5.41, 5.74) is 0.782. The monoisotopic (exact) mass is 239 g/mol. The van der Waals surface area contributed by atoms with E-state index in [1.165, 1.54) is 12.3 Å². The predicted molar refractivity (Wildman–Crippen MR) is 69.7 cm³/mol. The van der Waals surface area contributed by atoms with Crippen molar-refractivity contribution in [2.24, 2.45) is 0 Å². The largest absolute Gasteiger partial charge is 0.384 e. The molecule has 0 aromatic carbocycles. The van der Waals surface area contributed by atoms with E-state index in [1.807, 2.05) is 0 Å². The Morgan fingerprint density at radius 1 is 1.29 bits per heavy atom. The number of pyridine rings is 1. The van der Waals surface area contributed by atoms with E-state index >= 15 is 0 Å². The molecule has 0 radical (unpaired) electrons. The van der Waals surface area contributed by atoms with E-state index in [0.717, 1.165) is 18.8 Å². The Labute approximate surface area is 103 Å². The van der Waals surface area contributed by atoms with Gasteiger partial charge in [-0.1, -0.05) is 0 Å². The van der Waals surface area contributed by atoms with Crippen LogP contribution in [0.3, 0.4) is 0 Å². The summed E-state index contributed by atoms with van der Waals surface area (Å²) in [6, 6.07) is 4.23. The quantitative estimate of drug-likeness (QED) is 0.774. The second-order valence-electron chi connectivity index (χ2n) is 4.72. The maximum Gasteiger partial charge on any atom is 0.214 e. The molecule has 0 atom stereocenters. The molecular formula is C13H22FN3. The summed E-state index contributed by atoms with van der Waals surface area (Å²) in [7, 11) is 0. The van der Waals surface area contributed by atoms with Gasteiger partial charge in [0.25, 0.3) is 0 Å². The van der Waals surface area contributed by atoms with Gasteiger partial charge in [-0.15, -0.1) is 0 Å². The Balaban J connectivity index is 2.41. The van der Waals surface area contributed by atoms with Gasteiger partial charge in [0.15, 0.2) is 0 Å². The van der Waals surface area contributed by atoms with Crippen LogP contribution in [0.25, 0.3) is 0 Å². The first-order valence-corrected chi connectivity index (χ1v) is 6.12. The topological polar surface area (TPSA) is 28.2 Å². The van der Waals surface area contributed by atoms with Gasteiger partial charge < -0.3 is 5.32 Å². The summed E-state index contributed by atoms with van der Waals surface area (Å²) < 4.78 is 12.8. The fraction of sp³-hybridized carbons (Fsp3) is 0.615. The highest BCUT2D eigenvalue weighted by atomic mass is 19.1. The van der Waals surface area contributed by atoms with E-state index in [9.17, 15) is 4.39 Å². The van der Waals surface area contributed by atoms with Crippen molar-refractivity contribution in [2.75, 3.05) is 18.4 Å². The molecule has 96 valence electrons. The van der Waals surface area contributed by atoms with Crippen molar-refractivity contribution in [1.82, 2.24) is 9.88 Å². The van der Waals surface area contributed by atoms with E-state index in [1.54, 1.807) is 6.07 Å². The van der Waals surface area contributed by atoms with Gasteiger partial charge in [-0.2, -0.15) is 4.39 Å². The third kappa shape index (κ3) is 4.69. The minimum absolute atomic E-state index is 0.445. The highest BCUT2D eigenvalue weighted by molar-refractivity contribution is 5.41. The molecule has 3 nitrogen and oxygen atoms in total. The molecule has 1 heterocycles. The summed E-state index contributed by atoms with van der Waals surface area (Å²) in [6.07, 6.45) is 1.47. The third-order valence-electron chi connectivity index (χ3n) is 2.75. The number of halogens is 1. The summed E-state index contributed by atoms with van der Waals surface area (Å²) in [6.45, 7) is 10.5. The van der Waals surface area contributed by atoms with Crippen molar-refractivity contribution in [3.05, 3.63) is 24.3 Å². The molecular weight excluding hydrogens is 217 g/mol. The molecule has 1 N–H and O–H groups in total. The lowest BCUT2D eigenvalue weighted by Crippen LogP contribution is -2.40. The van der Waals surface area contributed by atoms with E-state index in [-0.39, 0.29) is 0 Å². The van der Waals surface area contributed by atoms with Crippen molar-refractivity contribution in [3.63, 3.8) is 0 Å². The smallest absolute Gasteiger partial charge is 0.214 e. The van der Waals surface area contributed by atoms with Crippen molar-refractivity contribution >= 4 is 5.69 Å². The number of hydrogen-bond donors (Lipinski definition) is 1. The van der Waals surface area contributed by atoms with Crippen LogP contribution in [0.1, 0.15) is 27.7 Å². The molecule has 0 saturated carbocycles. The molecule has 4 heteroatoms. The van der Waals surface area contributed by atoms with Gasteiger partial charge >= 0.3 is 0 Å². The van der Waals surface area contributed by atoms with Crippen LogP contribution in [0.2, 0.25) is 0 Å². The van der Waals surface area contributed by atoms with Crippen LogP contribution in [0.15, 0.2) is 18.3 Å². The number of hydrogen-bond acceptors (Lipinski definition) is 3. The zero-order valence-corrected chi connectivity index (χ0v) is 11.1. The summed E-state index contributed by atoms with van der Waals surface area (Å²) >= 11 is 0. The van der Waals surface area contributed by atoms with Gasteiger partial charge in [-0.05, 0) is 33.8 Å². The highest BCUT2D eigenvalue weighted by Gasteiger charge is 2.12. The molecule has 0 fully saturated rings. The molecule has 1 rings (SSSR count). The highest BCUT2D eigenvalue weighted by Crippen LogP contribution is 2.08. The van der Waals surface area contributed by atoms with E-state index in [4.69, 9.17) is 0 Å². The van der Waals surface area contributed by atoms with Crippen LogP contribution in [0, 0.1) is 5.95 Å². The van der Waals surface area contributed by atoms with Crippen LogP contribution >= 0.6 is 0 Å². The van der Waals surface area contributed by atoms with E-state index in [0.29, 0.717) is 12.1 Å². The first-order chi connectivity index (χ1) is 8.00. The SMILES string of the molecule is CC(C)N(CCNc1ccnc(F)c1)C(C)C. The van der Waals surface area contributed by atoms with Gasteiger partial charge in [0, 0.05) is 43.1 Å². The number of nitrogens with one attached hydrogen (secondary N) is 1. The average molecular weight is 239 g/mol. The van der Waals surface area contributed by atoms with Crippen molar-refractivity contribution < 1.29 is 4.39 Å². The summed E-state index contributed by atoms with van der Waals surface area (Å²) in [4.78, 5) is 5.92. The average Bonchev–Trinajstić information content (AvgIpc) is 2.23. The second kappa shape index (κ2) is 6.55. The van der Waals surface area contributed by atoms with Crippen LogP contribution in [0.4, 0.5) is 10.1 Å². The van der Waals surface area contributed by atoms with Crippen LogP contribution in [-0.4, -0.2) is 35.1 Å². The zero-order chi connectivity index (χ0) is 12.8. The molecule has 0 aliphatic rings. The standard InChI is InChI=1S/C13H22FN3/c1-10(2)17(11(3)4)8-7-15-12-5-6-16-13(14)9-12/h5-6,9-11H,7-8H2,1-4H3,(H,15,16). The Morgan fingerprint density at radius 2 is 1.94 bits per heavy atom. The number of anilines is 1. The van der Waals surface area contributed by atoms with Crippen LogP contribution in [0.5, 0.6) is 0 Å². The normalized spacial score (nSPS) is 11.5. The molecule has 1 aromatic rings. The minimum atomic E-state index is -0.445. The minimum Gasteiger partial charge on any atom is -0.384 e. The summed E-state index contributed by atoms with van der Waals surface area (Å²) in [5.74, 6) is -0.445. The molecule has 0 aliphatic heterocycles. The fourth-order valence-corrected chi connectivity index (χ4v) is 1.95. The van der Waals surface area contributed by atoms with Gasteiger partial charge in [0.05, 0.1) is 0 Å². The van der Waals surface area contributed by atoms with Crippen LogP contribution in [-0.2, 0) is 0 Å². The molecule has 0 saturated heterocycles. The predicted octanol–water partition coefficient (Wildman–Crippen LogP) is 2.75. The van der Waals surface area contributed by atoms with E-state index < -0.39 is 5.95 Å². The Kier molecular flexibility index (Phi) is 5.35. The second-order valence-corrected chi connectivity index (χ2v) is 4.72. The first-order valence-electron chi connectivity index (χ1n) is 6.12. The lowest BCUT2D eigenvalue weighted by Gasteiger charge is -2.30. The van der Waals surface area contributed by atoms with Crippen molar-refractivity contribution in [1.29, 1.82) is 0 Å². The lowest BCUT2D eigenvalue weighted by molar-refractivity contribution is 0.182. The molecule has 17 heavy (non-hydrogen) atoms. The van der Waals surface area contributed by atoms with Gasteiger partial charge in [-0.3, -0.25) is 4.90 Å². The Hall–Kier alpha value is -1.16. The maximum atomic E-state index is 12.8. The molecule has 0 spiro atoms. The summed E-state index contributed by atoms with van der Waals surface area (Å²) in [5, 5.41) is 3.20. The molecule has 0 amide bonds. The zero-order valence-electron chi connectivity index (χ0n) is 11.1. The first kappa shape index (κ1) is 13.9. The Morgan fingerprint density at radius 3 is 2.47 bits per heavy atom. The molecule has 0 aliphatic carbocycles. The maximum absolute atomic E-state index is 12.8. The Bertz CT molecular complexity index is 331. The number of rotatable bonds is 6. The van der Waals surface area contributed by atoms with Gasteiger partial charge in [0.1, 0.15) is 0 Å². The molecule has 1 aromatic heterocycles. The third-order valence-corrected chi connectivity index (χ3v) is 2.75. The molecule has 0 bridgehead atoms. The van der Waals surface area contributed by atoms with Crippen molar-refractivity contribution in [2.45, 2.75) is 39.8 Å². The number of aromatic nitrogens is 1. The van der Waals surface area contributed by atoms with Crippen molar-refractivity contribution in [3.8, 4) is 0 Å². The van der Waals surface area contributed by atoms with Crippen LogP contribution < -0.4 is 5.32 Å². The molecule has 0 unspecified atom stereocenters. The van der Waals surface area contributed by atoms with Gasteiger partial charge in [0.2, 0.25) is 5.95 Å². The van der Waals surface area contributed by atoms with E-state index in [2.05, 4.69) is 42.9 Å². The fourth-order valence-electron chi connectivity index (χ4n) is 1.95. The number of nitrogens with zero attached hydrogens (tertiary/aromatic N) is 2.